The number of piperazine rings is 1. The molecule has 4 aromatic rings. The van der Waals surface area contributed by atoms with Crippen molar-refractivity contribution >= 4 is 17.0 Å². The number of H-pyrrole nitrogens is 1. The largest absolute Gasteiger partial charge is 0.338 e. The van der Waals surface area contributed by atoms with Gasteiger partial charge in [-0.1, -0.05) is 19.4 Å². The molecule has 1 aliphatic rings. The minimum absolute atomic E-state index is 0.291. The van der Waals surface area contributed by atoms with Gasteiger partial charge in [0, 0.05) is 49.7 Å². The van der Waals surface area contributed by atoms with Gasteiger partial charge in [-0.05, 0) is 43.7 Å². The highest BCUT2D eigenvalue weighted by molar-refractivity contribution is 5.92. The number of rotatable bonds is 5. The van der Waals surface area contributed by atoms with Gasteiger partial charge in [0.25, 0.3) is 0 Å². The highest BCUT2D eigenvalue weighted by Gasteiger charge is 2.21. The van der Waals surface area contributed by atoms with Gasteiger partial charge in [-0.15, -0.1) is 0 Å². The molecular weight excluding hydrogens is 443 g/mol. The third-order valence-electron chi connectivity index (χ3n) is 6.48. The van der Waals surface area contributed by atoms with Crippen molar-refractivity contribution in [2.24, 2.45) is 0 Å². The summed E-state index contributed by atoms with van der Waals surface area (Å²) in [5.74, 6) is 0.314. The quantitative estimate of drug-likeness (QED) is 0.469. The van der Waals surface area contributed by atoms with Crippen molar-refractivity contribution in [3.63, 3.8) is 0 Å². The molecular formula is C26H27FN8. The first-order valence-electron chi connectivity index (χ1n) is 11.8. The van der Waals surface area contributed by atoms with Gasteiger partial charge in [0.2, 0.25) is 5.95 Å². The highest BCUT2D eigenvalue weighted by atomic mass is 19.1. The SMILES string of the molecule is CCCc1cc(C)c(-c2nc3c(-c4cnc(N5CCN(C)CC5)nc4)n[nH]c3cc2C#N)c(F)c1. The number of nitrogens with one attached hydrogen (secondary N) is 1. The zero-order chi connectivity index (χ0) is 24.5. The summed E-state index contributed by atoms with van der Waals surface area (Å²) >= 11 is 0. The Balaban J connectivity index is 1.55. The number of aryl methyl sites for hydroxylation is 2. The van der Waals surface area contributed by atoms with Crippen molar-refractivity contribution in [2.45, 2.75) is 26.7 Å². The van der Waals surface area contributed by atoms with Gasteiger partial charge in [0.05, 0.1) is 16.8 Å². The molecule has 0 atom stereocenters. The molecule has 0 unspecified atom stereocenters. The number of halogens is 1. The van der Waals surface area contributed by atoms with E-state index in [0.717, 1.165) is 50.1 Å². The molecule has 5 rings (SSSR count). The van der Waals surface area contributed by atoms with Gasteiger partial charge in [-0.3, -0.25) is 5.10 Å². The van der Waals surface area contributed by atoms with Crippen LogP contribution >= 0.6 is 0 Å². The summed E-state index contributed by atoms with van der Waals surface area (Å²) < 4.78 is 15.2. The summed E-state index contributed by atoms with van der Waals surface area (Å²) in [6.07, 6.45) is 5.20. The first kappa shape index (κ1) is 22.9. The number of fused-ring (bicyclic) bond motifs is 1. The summed E-state index contributed by atoms with van der Waals surface area (Å²) in [5, 5.41) is 17.1. The lowest BCUT2D eigenvalue weighted by atomic mass is 9.96. The summed E-state index contributed by atoms with van der Waals surface area (Å²) in [4.78, 5) is 18.3. The van der Waals surface area contributed by atoms with Crippen LogP contribution in [0.25, 0.3) is 33.5 Å². The predicted octanol–water partition coefficient (Wildman–Crippen LogP) is 4.11. The lowest BCUT2D eigenvalue weighted by Crippen LogP contribution is -2.45. The van der Waals surface area contributed by atoms with Gasteiger partial charge < -0.3 is 9.80 Å². The van der Waals surface area contributed by atoms with Crippen molar-refractivity contribution in [1.29, 1.82) is 5.26 Å². The molecule has 1 saturated heterocycles. The zero-order valence-corrected chi connectivity index (χ0v) is 20.1. The van der Waals surface area contributed by atoms with Crippen molar-refractivity contribution in [3.05, 3.63) is 53.1 Å². The molecule has 8 nitrogen and oxygen atoms in total. The molecule has 1 fully saturated rings. The fourth-order valence-electron chi connectivity index (χ4n) is 4.59. The average Bonchev–Trinajstić information content (AvgIpc) is 3.27. The van der Waals surface area contributed by atoms with Crippen molar-refractivity contribution in [1.82, 2.24) is 30.0 Å². The standard InChI is InChI=1S/C26H27FN8/c1-4-5-17-10-16(2)22(20(27)11-17)23-18(13-28)12-21-25(31-23)24(33-32-21)19-14-29-26(30-15-19)35-8-6-34(3)7-9-35/h10-12,14-15H,4-9H2,1-3H3,(H,32,33). The van der Waals surface area contributed by atoms with E-state index in [-0.39, 0.29) is 5.82 Å². The Morgan fingerprint density at radius 1 is 1.09 bits per heavy atom. The third kappa shape index (κ3) is 4.33. The molecule has 3 aromatic heterocycles. The number of hydrogen-bond donors (Lipinski definition) is 1. The van der Waals surface area contributed by atoms with Gasteiger partial charge in [0.1, 0.15) is 23.1 Å². The molecule has 0 aliphatic carbocycles. The minimum atomic E-state index is -0.373. The summed E-state index contributed by atoms with van der Waals surface area (Å²) in [6.45, 7) is 7.62. The Morgan fingerprint density at radius 2 is 1.83 bits per heavy atom. The molecule has 1 aliphatic heterocycles. The van der Waals surface area contributed by atoms with Gasteiger partial charge in [-0.25, -0.2) is 19.3 Å². The Labute approximate surface area is 203 Å². The van der Waals surface area contributed by atoms with Crippen LogP contribution in [0, 0.1) is 24.1 Å². The fraction of sp³-hybridized carbons (Fsp3) is 0.346. The molecule has 0 amide bonds. The lowest BCUT2D eigenvalue weighted by molar-refractivity contribution is 0.311. The first-order chi connectivity index (χ1) is 17.0. The second-order valence-electron chi connectivity index (χ2n) is 9.05. The maximum absolute atomic E-state index is 15.2. The van der Waals surface area contributed by atoms with E-state index in [1.807, 2.05) is 13.0 Å². The monoisotopic (exact) mass is 470 g/mol. The number of nitriles is 1. The fourth-order valence-corrected chi connectivity index (χ4v) is 4.59. The second-order valence-corrected chi connectivity index (χ2v) is 9.05. The second kappa shape index (κ2) is 9.39. The molecule has 0 saturated carbocycles. The van der Waals surface area contributed by atoms with Crippen molar-refractivity contribution < 1.29 is 4.39 Å². The molecule has 0 radical (unpaired) electrons. The Hall–Kier alpha value is -3.90. The van der Waals surface area contributed by atoms with E-state index in [4.69, 9.17) is 4.98 Å². The van der Waals surface area contributed by atoms with E-state index in [9.17, 15) is 5.26 Å². The molecule has 0 bridgehead atoms. The van der Waals surface area contributed by atoms with Crippen LogP contribution < -0.4 is 4.90 Å². The van der Waals surface area contributed by atoms with Crippen molar-refractivity contribution in [2.75, 3.05) is 38.1 Å². The maximum Gasteiger partial charge on any atom is 0.225 e. The number of anilines is 1. The molecule has 9 heteroatoms. The summed E-state index contributed by atoms with van der Waals surface area (Å²) in [7, 11) is 2.11. The van der Waals surface area contributed by atoms with Crippen molar-refractivity contribution in [3.8, 4) is 28.6 Å². The molecule has 1 aromatic carbocycles. The maximum atomic E-state index is 15.2. The van der Waals surface area contributed by atoms with Crippen LogP contribution in [0.2, 0.25) is 0 Å². The lowest BCUT2D eigenvalue weighted by Gasteiger charge is -2.32. The van der Waals surface area contributed by atoms with Gasteiger partial charge in [-0.2, -0.15) is 10.4 Å². The molecule has 1 N–H and O–H groups in total. The van der Waals surface area contributed by atoms with Crippen LogP contribution in [0.3, 0.4) is 0 Å². The van der Waals surface area contributed by atoms with Gasteiger partial charge in [0.15, 0.2) is 0 Å². The number of pyridine rings is 1. The first-order valence-corrected chi connectivity index (χ1v) is 11.8. The number of hydrogen-bond acceptors (Lipinski definition) is 7. The van der Waals surface area contributed by atoms with E-state index in [0.29, 0.717) is 45.1 Å². The number of nitrogens with zero attached hydrogens (tertiary/aromatic N) is 7. The van der Waals surface area contributed by atoms with E-state index in [1.54, 1.807) is 24.5 Å². The topological polar surface area (TPSA) is 97.6 Å². The Kier molecular flexibility index (Phi) is 6.14. The number of benzene rings is 1. The average molecular weight is 471 g/mol. The molecule has 4 heterocycles. The molecule has 0 spiro atoms. The van der Waals surface area contributed by atoms with E-state index in [1.165, 1.54) is 0 Å². The minimum Gasteiger partial charge on any atom is -0.338 e. The van der Waals surface area contributed by atoms with Crippen LogP contribution in [0.15, 0.2) is 30.6 Å². The molecule has 35 heavy (non-hydrogen) atoms. The molecule has 178 valence electrons. The Morgan fingerprint density at radius 3 is 2.49 bits per heavy atom. The van der Waals surface area contributed by atoms with E-state index in [2.05, 4.69) is 50.0 Å². The summed E-state index contributed by atoms with van der Waals surface area (Å²) in [5.41, 5.74) is 5.06. The zero-order valence-electron chi connectivity index (χ0n) is 20.1. The highest BCUT2D eigenvalue weighted by Crippen LogP contribution is 2.33. The number of likely N-dealkylation sites (N-methyl/N-ethyl adjacent to an activating group) is 1. The number of aromatic amines is 1. The van der Waals surface area contributed by atoms with E-state index < -0.39 is 0 Å². The van der Waals surface area contributed by atoms with Crippen LogP contribution in [0.1, 0.15) is 30.0 Å². The van der Waals surface area contributed by atoms with E-state index >= 15 is 4.39 Å². The van der Waals surface area contributed by atoms with Crippen LogP contribution in [0.4, 0.5) is 10.3 Å². The van der Waals surface area contributed by atoms with Crippen LogP contribution in [-0.2, 0) is 6.42 Å². The third-order valence-corrected chi connectivity index (χ3v) is 6.48. The smallest absolute Gasteiger partial charge is 0.225 e. The predicted molar refractivity (Wildman–Crippen MR) is 133 cm³/mol. The van der Waals surface area contributed by atoms with Crippen LogP contribution in [0.5, 0.6) is 0 Å². The van der Waals surface area contributed by atoms with Gasteiger partial charge >= 0.3 is 0 Å². The number of aromatic nitrogens is 5. The summed E-state index contributed by atoms with van der Waals surface area (Å²) in [6, 6.07) is 7.35. The Bertz CT molecular complexity index is 1390. The van der Waals surface area contributed by atoms with Crippen LogP contribution in [-0.4, -0.2) is 63.3 Å². The normalized spacial score (nSPS) is 14.4.